The van der Waals surface area contributed by atoms with Gasteiger partial charge in [0.15, 0.2) is 6.04 Å². The molecular weight excluding hydrogens is 1450 g/mol. The first kappa shape index (κ1) is 91.6. The van der Waals surface area contributed by atoms with Crippen molar-refractivity contribution in [2.24, 2.45) is 11.7 Å². The quantitative estimate of drug-likeness (QED) is 0.0274. The first-order valence-electron chi connectivity index (χ1n) is 36.6. The maximum Gasteiger partial charge on any atom is 0.278 e. The first-order chi connectivity index (χ1) is 52.0. The Bertz CT molecular complexity index is 3510. The van der Waals surface area contributed by atoms with Gasteiger partial charge in [-0.15, -0.1) is 0 Å². The number of hydrogen-bond donors (Lipinski definition) is 18. The van der Waals surface area contributed by atoms with E-state index in [1.165, 1.54) is 36.2 Å². The zero-order valence-corrected chi connectivity index (χ0v) is 62.4. The van der Waals surface area contributed by atoms with Crippen LogP contribution in [0.2, 0.25) is 0 Å². The normalized spacial score (nSPS) is 17.5. The van der Waals surface area contributed by atoms with Gasteiger partial charge in [0.1, 0.15) is 66.5 Å². The summed E-state index contributed by atoms with van der Waals surface area (Å²) in [5, 5.41) is 82.6. The van der Waals surface area contributed by atoms with Crippen LogP contribution in [0.15, 0.2) is 42.9 Å². The van der Waals surface area contributed by atoms with E-state index in [-0.39, 0.29) is 83.2 Å². The molecule has 2 aliphatic heterocycles. The number of quaternary nitrogens is 3. The lowest BCUT2D eigenvalue weighted by Crippen LogP contribution is -2.69. The van der Waals surface area contributed by atoms with Crippen molar-refractivity contribution in [3.05, 3.63) is 54.1 Å². The topological polar surface area (TPSA) is 676 Å². The van der Waals surface area contributed by atoms with Gasteiger partial charge in [-0.05, 0) is 109 Å². The molecule has 3 heterocycles. The van der Waals surface area contributed by atoms with Crippen molar-refractivity contribution in [2.45, 2.75) is 235 Å². The molecule has 0 saturated carbocycles. The van der Waals surface area contributed by atoms with Gasteiger partial charge in [-0.2, -0.15) is 0 Å². The van der Waals surface area contributed by atoms with Crippen LogP contribution in [0.3, 0.4) is 0 Å². The van der Waals surface area contributed by atoms with Gasteiger partial charge in [0.25, 0.3) is 5.91 Å². The Labute approximate surface area is 633 Å². The number of aliphatic hydroxyl groups excluding tert-OH is 2. The van der Waals surface area contributed by atoms with Crippen molar-refractivity contribution in [2.75, 3.05) is 32.7 Å². The molecule has 4 rings (SSSR count). The number of carboxylic acids is 3. The molecule has 25 N–H and O–H groups in total. The number of carbonyl (C=O) groups excluding carboxylic acids is 17. The van der Waals surface area contributed by atoms with Gasteiger partial charge in [0, 0.05) is 62.6 Å². The van der Waals surface area contributed by atoms with Crippen molar-refractivity contribution in [3.63, 3.8) is 0 Å². The van der Waals surface area contributed by atoms with Crippen LogP contribution >= 0.6 is 0 Å². The van der Waals surface area contributed by atoms with Crippen LogP contribution in [-0.4, -0.2) is 254 Å². The summed E-state index contributed by atoms with van der Waals surface area (Å²) in [6.07, 6.45) is -1.61. The van der Waals surface area contributed by atoms with Crippen molar-refractivity contribution in [1.29, 1.82) is 0 Å². The number of hydrogen-bond acceptors (Lipinski definition) is 23. The van der Waals surface area contributed by atoms with Gasteiger partial charge in [-0.1, -0.05) is 44.2 Å². The molecule has 2 fully saturated rings. The second-order valence-electron chi connectivity index (χ2n) is 27.7. The minimum absolute atomic E-state index is 0.00201. The fourth-order valence-electron chi connectivity index (χ4n) is 12.2. The van der Waals surface area contributed by atoms with E-state index >= 15 is 0 Å². The Kier molecular flexibility index (Phi) is 38.2. The number of carbonyl (C=O) groups is 17. The second-order valence-corrected chi connectivity index (χ2v) is 27.7. The lowest BCUT2D eigenvalue weighted by Gasteiger charge is -2.31. The number of imidazole rings is 1. The Hall–Kier alpha value is -10.8. The average molecular weight is 1550 g/mol. The average Bonchev–Trinajstić information content (AvgIpc) is 1.62. The zero-order chi connectivity index (χ0) is 82.1. The minimum Gasteiger partial charge on any atom is -0.550 e. The zero-order valence-electron chi connectivity index (χ0n) is 62.4. The molecule has 0 radical (unpaired) electrons. The second kappa shape index (κ2) is 45.9. The summed E-state index contributed by atoms with van der Waals surface area (Å²) in [5.41, 5.74) is 17.2. The van der Waals surface area contributed by atoms with Crippen LogP contribution in [0.4, 0.5) is 0 Å². The summed E-state index contributed by atoms with van der Waals surface area (Å²) >= 11 is 0. The Balaban J connectivity index is 1.48. The number of rotatable bonds is 48. The fraction of sp³-hybridized carbons (Fsp3) is 0.623. The van der Waals surface area contributed by atoms with Gasteiger partial charge in [0.2, 0.25) is 76.8 Å². The number of aliphatic carboxylic acids is 3. The van der Waals surface area contributed by atoms with E-state index in [2.05, 4.69) is 80.3 Å². The van der Waals surface area contributed by atoms with Crippen LogP contribution in [0.1, 0.15) is 142 Å². The van der Waals surface area contributed by atoms with E-state index in [0.29, 0.717) is 50.0 Å². The van der Waals surface area contributed by atoms with E-state index < -0.39 is 217 Å². The molecule has 2 aromatic rings. The van der Waals surface area contributed by atoms with Crippen LogP contribution in [0.5, 0.6) is 0 Å². The number of aromatic nitrogens is 2. The number of amides is 14. The van der Waals surface area contributed by atoms with Crippen molar-refractivity contribution < 1.29 is 124 Å². The molecular formula is C69H107N19O22. The molecule has 1 aromatic heterocycles. The molecule has 14 amide bonds. The summed E-state index contributed by atoms with van der Waals surface area (Å²) in [6, 6.07) is -11.2. The monoisotopic (exact) mass is 1550 g/mol. The Morgan fingerprint density at radius 2 is 1.05 bits per heavy atom. The number of aliphatic hydroxyl groups is 2. The summed E-state index contributed by atoms with van der Waals surface area (Å²) < 4.78 is 0. The molecule has 2 saturated heterocycles. The van der Waals surface area contributed by atoms with Crippen molar-refractivity contribution >= 4 is 101 Å². The third-order valence-corrected chi connectivity index (χ3v) is 18.2. The lowest BCUT2D eigenvalue weighted by atomic mass is 10.0. The molecule has 41 nitrogen and oxygen atoms in total. The standard InChI is InChI=1S/C69H107N19O22/c1-35(2)27-44(62(102)86-56(38(5)90)66(106)84-48(69(109)110)30-51(73)91)80-57(97)36(3)77-59(99)42(17-9-11-23-70)78-64(104)50-20-14-26-88(50)68(108)47(28-39-15-7-6-8-16-39)83-65(105)55(37(4)89)85-52(92)33-75-63(103)49-19-13-25-87(49)67(107)43(18-10-12-24-71)79-60(100)45(29-40-32-74-34-76-40)82-61(101)46(31-54(95)96)81-58(98)41(72)21-22-53(93)94/h6-8,15-16,32,34-38,41-50,55-56,89-90H,9-14,17-31,33,70-72H2,1-5H3,(H2,73,91)(H,74,76)(H,75,103)(H,77,99)(H,78,104)(H,79,100)(H,80,97)(H,81,98)(H,82,101)(H,83,105)(H,84,106)(H,85,92)(H,86,102)(H,93,94)(H,95,96)(H,109,110)/t36-,37+,38+,41-,42-,43-,44-,45-,46-,47-,48-,49-,50-,55-,56-/m0/s1. The number of unbranched alkanes of at least 4 members (excludes halogenated alkanes) is 2. The highest BCUT2D eigenvalue weighted by Crippen LogP contribution is 2.23. The van der Waals surface area contributed by atoms with Gasteiger partial charge < -0.3 is 136 Å². The van der Waals surface area contributed by atoms with Crippen molar-refractivity contribution in [1.82, 2.24) is 78.3 Å². The highest BCUT2D eigenvalue weighted by molar-refractivity contribution is 6.00. The van der Waals surface area contributed by atoms with Gasteiger partial charge >= 0.3 is 0 Å². The van der Waals surface area contributed by atoms with E-state index in [4.69, 9.17) is 5.73 Å². The summed E-state index contributed by atoms with van der Waals surface area (Å²) in [6.45, 7) is 7.06. The third kappa shape index (κ3) is 30.3. The third-order valence-electron chi connectivity index (χ3n) is 18.2. The Morgan fingerprint density at radius 1 is 0.545 bits per heavy atom. The molecule has 110 heavy (non-hydrogen) atoms. The number of aromatic amines is 1. The summed E-state index contributed by atoms with van der Waals surface area (Å²) in [7, 11) is 0. The van der Waals surface area contributed by atoms with Crippen LogP contribution in [0.25, 0.3) is 0 Å². The number of carboxylic acid groups (broad SMARTS) is 3. The molecule has 0 unspecified atom stereocenters. The summed E-state index contributed by atoms with van der Waals surface area (Å²) in [4.78, 5) is 237. The maximum absolute atomic E-state index is 14.9. The maximum atomic E-state index is 14.9. The Morgan fingerprint density at radius 3 is 1.59 bits per heavy atom. The number of benzene rings is 1. The molecule has 1 aromatic carbocycles. The number of nitrogens with zero attached hydrogens (tertiary/aromatic N) is 3. The molecule has 0 bridgehead atoms. The predicted molar refractivity (Wildman–Crippen MR) is 375 cm³/mol. The van der Waals surface area contributed by atoms with E-state index in [9.17, 15) is 107 Å². The number of nitrogens with two attached hydrogens (primary N) is 1. The first-order valence-corrected chi connectivity index (χ1v) is 36.6. The van der Waals surface area contributed by atoms with E-state index in [0.717, 1.165) is 6.92 Å². The molecule has 0 spiro atoms. The molecule has 0 aliphatic carbocycles. The smallest absolute Gasteiger partial charge is 0.278 e. The fourth-order valence-corrected chi connectivity index (χ4v) is 12.2. The molecule has 15 atom stereocenters. The number of likely N-dealkylation sites (tertiary alicyclic amines) is 2. The number of nitrogens with one attached hydrogen (secondary N) is 12. The van der Waals surface area contributed by atoms with Crippen LogP contribution in [-0.2, 0) is 94.3 Å². The molecule has 610 valence electrons. The number of H-pyrrole nitrogens is 1. The van der Waals surface area contributed by atoms with Crippen LogP contribution in [0, 0.1) is 5.92 Å². The van der Waals surface area contributed by atoms with E-state index in [1.54, 1.807) is 44.2 Å². The van der Waals surface area contributed by atoms with E-state index in [1.807, 2.05) is 5.32 Å². The highest BCUT2D eigenvalue weighted by atomic mass is 16.4. The van der Waals surface area contributed by atoms with Gasteiger partial charge in [-0.3, -0.25) is 67.1 Å². The van der Waals surface area contributed by atoms with Gasteiger partial charge in [0.05, 0.1) is 56.6 Å². The predicted octanol–water partition coefficient (Wildman–Crippen LogP) is -13.3. The van der Waals surface area contributed by atoms with Crippen molar-refractivity contribution in [3.8, 4) is 0 Å². The largest absolute Gasteiger partial charge is 0.550 e. The lowest BCUT2D eigenvalue weighted by molar-refractivity contribution is -0.406. The molecule has 41 heteroatoms. The molecule has 2 aliphatic rings. The summed E-state index contributed by atoms with van der Waals surface area (Å²) in [5.74, 6) is -18.8. The van der Waals surface area contributed by atoms with Gasteiger partial charge in [-0.25, -0.2) is 4.98 Å². The number of primary amides is 1. The highest BCUT2D eigenvalue weighted by Gasteiger charge is 2.43. The minimum atomic E-state index is -1.91. The SMILES string of the molecule is CC(C)C[C@H](NC(=O)[C@H](C)NC(=O)[C@H](CCCC[NH3+])NC(=O)[C@@H]1CCCN1C(=O)[C@H](Cc1ccccc1)NC(=O)[C@@H](NC(=O)CNC(=O)[C@@H]1CCCN1C(=O)[C@H](CCCC[NH3+])NC(=O)[C@H](Cc1cnc[nH]1)NC(=O)[C@H](CC(=O)[O-])NC(=O)[C@@H]([NH3+])CCC(=O)[O-])[C@@H](C)O)C(=O)N[C@H](C(=O)N[C@@H](CC(N)=O)C(=O)[O-])[C@@H](C)O. The van der Waals surface area contributed by atoms with Crippen LogP contribution < -0.4 is 96.7 Å².